The van der Waals surface area contributed by atoms with Gasteiger partial charge in [0.2, 0.25) is 10.0 Å². The molecule has 0 saturated carbocycles. The monoisotopic (exact) mass is 429 g/mol. The minimum atomic E-state index is -3.53. The third-order valence-corrected chi connectivity index (χ3v) is 6.87. The first kappa shape index (κ1) is 21.8. The normalized spacial score (nSPS) is 13.6. The molecule has 0 bridgehead atoms. The molecule has 0 atom stereocenters. The van der Waals surface area contributed by atoms with E-state index in [0.29, 0.717) is 25.2 Å². The first-order valence-corrected chi connectivity index (χ1v) is 11.4. The zero-order valence-electron chi connectivity index (χ0n) is 17.2. The van der Waals surface area contributed by atoms with Gasteiger partial charge in [-0.25, -0.2) is 8.42 Å². The zero-order valence-corrected chi connectivity index (χ0v) is 18.0. The highest BCUT2D eigenvalue weighted by molar-refractivity contribution is 7.89. The predicted octanol–water partition coefficient (Wildman–Crippen LogP) is 2.02. The van der Waals surface area contributed by atoms with Crippen molar-refractivity contribution in [3.63, 3.8) is 0 Å². The van der Waals surface area contributed by atoms with Crippen LogP contribution in [0.2, 0.25) is 0 Å². The lowest BCUT2D eigenvalue weighted by atomic mass is 10.2. The van der Waals surface area contributed by atoms with Crippen LogP contribution in [0.25, 0.3) is 0 Å². The van der Waals surface area contributed by atoms with Crippen LogP contribution in [-0.4, -0.2) is 50.8 Å². The number of nitrogens with one attached hydrogen (secondary N) is 3. The second-order valence-electron chi connectivity index (χ2n) is 6.78. The van der Waals surface area contributed by atoms with Gasteiger partial charge in [-0.3, -0.25) is 9.79 Å². The largest absolute Gasteiger partial charge is 0.354 e. The molecule has 0 fully saturated rings. The number of carbonyl (C=O) groups excluding carboxylic acids is 1. The highest BCUT2D eigenvalue weighted by Crippen LogP contribution is 2.16. The van der Waals surface area contributed by atoms with Crippen molar-refractivity contribution in [3.05, 3.63) is 59.7 Å². The number of amides is 1. The van der Waals surface area contributed by atoms with Crippen molar-refractivity contribution in [3.8, 4) is 0 Å². The van der Waals surface area contributed by atoms with Gasteiger partial charge in [0.25, 0.3) is 5.91 Å². The number of anilines is 1. The van der Waals surface area contributed by atoms with Crippen molar-refractivity contribution in [1.29, 1.82) is 0 Å². The molecule has 1 aliphatic rings. The summed E-state index contributed by atoms with van der Waals surface area (Å²) in [5.74, 6) is 0.510. The van der Waals surface area contributed by atoms with Crippen LogP contribution in [0.3, 0.4) is 0 Å². The summed E-state index contributed by atoms with van der Waals surface area (Å²) in [6, 6.07) is 13.7. The maximum atomic E-state index is 12.5. The number of carbonyl (C=O) groups is 1. The summed E-state index contributed by atoms with van der Waals surface area (Å²) in [7, 11) is -3.53. The van der Waals surface area contributed by atoms with Crippen LogP contribution in [0.1, 0.15) is 29.8 Å². The number of aliphatic imine (C=N–C) groups is 1. The summed E-state index contributed by atoms with van der Waals surface area (Å²) >= 11 is 0. The molecule has 0 aromatic heterocycles. The Morgan fingerprint density at radius 2 is 1.73 bits per heavy atom. The Bertz CT molecular complexity index is 998. The van der Waals surface area contributed by atoms with Crippen molar-refractivity contribution < 1.29 is 13.2 Å². The summed E-state index contributed by atoms with van der Waals surface area (Å²) in [5.41, 5.74) is 2.29. The average Bonchev–Trinajstić information content (AvgIpc) is 3.27. The smallest absolute Gasteiger partial charge is 0.251 e. The first-order chi connectivity index (χ1) is 14.4. The van der Waals surface area contributed by atoms with Crippen molar-refractivity contribution in [2.24, 2.45) is 4.99 Å². The third-order valence-electron chi connectivity index (χ3n) is 4.80. The standard InChI is InChI=1S/C21H27N5O3S/c1-3-26(4-2)30(28,29)19-11-7-17(8-12-19)20(27)24-15-16-5-9-18(10-6-16)25-21-22-13-14-23-21/h5-12H,3-4,13-15H2,1-2H3,(H,24,27)(H2,22,23,25). The van der Waals surface area contributed by atoms with Crippen LogP contribution in [-0.2, 0) is 16.6 Å². The van der Waals surface area contributed by atoms with E-state index in [1.54, 1.807) is 13.8 Å². The molecule has 0 spiro atoms. The highest BCUT2D eigenvalue weighted by atomic mass is 32.2. The Balaban J connectivity index is 1.57. The summed E-state index contributed by atoms with van der Waals surface area (Å²) in [6.45, 7) is 6.39. The Kier molecular flexibility index (Phi) is 7.07. The number of benzene rings is 2. The summed E-state index contributed by atoms with van der Waals surface area (Å²) < 4.78 is 26.4. The molecule has 2 aromatic rings. The van der Waals surface area contributed by atoms with E-state index in [1.165, 1.54) is 28.6 Å². The molecule has 0 saturated heterocycles. The molecule has 1 heterocycles. The lowest BCUT2D eigenvalue weighted by Crippen LogP contribution is -2.30. The van der Waals surface area contributed by atoms with E-state index in [4.69, 9.17) is 0 Å². The van der Waals surface area contributed by atoms with E-state index < -0.39 is 10.0 Å². The Labute approximate surface area is 177 Å². The van der Waals surface area contributed by atoms with Crippen molar-refractivity contribution >= 4 is 27.6 Å². The molecule has 0 aliphatic carbocycles. The summed E-state index contributed by atoms with van der Waals surface area (Å²) in [5, 5.41) is 9.19. The molecular formula is C21H27N5O3S. The van der Waals surface area contributed by atoms with Gasteiger partial charge in [-0.2, -0.15) is 4.31 Å². The number of rotatable bonds is 8. The van der Waals surface area contributed by atoms with Gasteiger partial charge in [-0.1, -0.05) is 26.0 Å². The molecule has 0 radical (unpaired) electrons. The fourth-order valence-electron chi connectivity index (χ4n) is 3.10. The topological polar surface area (TPSA) is 103 Å². The van der Waals surface area contributed by atoms with Crippen LogP contribution in [0.5, 0.6) is 0 Å². The maximum absolute atomic E-state index is 12.5. The third kappa shape index (κ3) is 5.17. The van der Waals surface area contributed by atoms with E-state index in [-0.39, 0.29) is 10.8 Å². The van der Waals surface area contributed by atoms with Crippen LogP contribution in [0.4, 0.5) is 5.69 Å². The minimum absolute atomic E-state index is 0.187. The van der Waals surface area contributed by atoms with Gasteiger partial charge >= 0.3 is 0 Å². The Hall–Kier alpha value is -2.91. The Morgan fingerprint density at radius 3 is 2.30 bits per heavy atom. The van der Waals surface area contributed by atoms with Gasteiger partial charge in [-0.05, 0) is 42.0 Å². The van der Waals surface area contributed by atoms with Crippen LogP contribution in [0.15, 0.2) is 58.4 Å². The van der Waals surface area contributed by atoms with Gasteiger partial charge in [0, 0.05) is 37.4 Å². The van der Waals surface area contributed by atoms with E-state index in [9.17, 15) is 13.2 Å². The van der Waals surface area contributed by atoms with Crippen molar-refractivity contribution in [2.45, 2.75) is 25.3 Å². The fourth-order valence-corrected chi connectivity index (χ4v) is 4.56. The second-order valence-corrected chi connectivity index (χ2v) is 8.71. The predicted molar refractivity (Wildman–Crippen MR) is 118 cm³/mol. The Morgan fingerprint density at radius 1 is 1.07 bits per heavy atom. The molecule has 1 amide bonds. The van der Waals surface area contributed by atoms with Crippen molar-refractivity contribution in [1.82, 2.24) is 14.9 Å². The first-order valence-electron chi connectivity index (χ1n) is 9.96. The van der Waals surface area contributed by atoms with Gasteiger partial charge in [0.05, 0.1) is 11.4 Å². The summed E-state index contributed by atoms with van der Waals surface area (Å²) in [6.07, 6.45) is 0. The molecule has 30 heavy (non-hydrogen) atoms. The van der Waals surface area contributed by atoms with Crippen LogP contribution >= 0.6 is 0 Å². The molecule has 160 valence electrons. The van der Waals surface area contributed by atoms with Gasteiger partial charge < -0.3 is 16.0 Å². The SMILES string of the molecule is CCN(CC)S(=O)(=O)c1ccc(C(=O)NCc2ccc(NC3=NCCN3)cc2)cc1. The van der Waals surface area contributed by atoms with E-state index in [1.807, 2.05) is 24.3 Å². The zero-order chi connectivity index (χ0) is 21.6. The molecule has 3 N–H and O–H groups in total. The van der Waals surface area contributed by atoms with Gasteiger partial charge in [-0.15, -0.1) is 0 Å². The second kappa shape index (κ2) is 9.73. The average molecular weight is 430 g/mol. The van der Waals surface area contributed by atoms with E-state index >= 15 is 0 Å². The molecule has 0 unspecified atom stereocenters. The fraction of sp³-hybridized carbons (Fsp3) is 0.333. The minimum Gasteiger partial charge on any atom is -0.354 e. The molecule has 3 rings (SSSR count). The maximum Gasteiger partial charge on any atom is 0.251 e. The number of hydrogen-bond acceptors (Lipinski definition) is 6. The van der Waals surface area contributed by atoms with Crippen LogP contribution < -0.4 is 16.0 Å². The van der Waals surface area contributed by atoms with Crippen LogP contribution in [0, 0.1) is 0 Å². The number of guanidine groups is 1. The molecular weight excluding hydrogens is 402 g/mol. The van der Waals surface area contributed by atoms with Gasteiger partial charge in [0.1, 0.15) is 0 Å². The highest BCUT2D eigenvalue weighted by Gasteiger charge is 2.21. The lowest BCUT2D eigenvalue weighted by Gasteiger charge is -2.18. The van der Waals surface area contributed by atoms with E-state index in [2.05, 4.69) is 20.9 Å². The quantitative estimate of drug-likeness (QED) is 0.596. The number of nitrogens with zero attached hydrogens (tertiary/aromatic N) is 2. The van der Waals surface area contributed by atoms with Crippen molar-refractivity contribution in [2.75, 3.05) is 31.5 Å². The molecule has 8 nitrogen and oxygen atoms in total. The molecule has 9 heteroatoms. The molecule has 1 aliphatic heterocycles. The molecule has 2 aromatic carbocycles. The number of hydrogen-bond donors (Lipinski definition) is 3. The van der Waals surface area contributed by atoms with Gasteiger partial charge in [0.15, 0.2) is 5.96 Å². The van der Waals surface area contributed by atoms with E-state index in [0.717, 1.165) is 30.3 Å². The summed E-state index contributed by atoms with van der Waals surface area (Å²) in [4.78, 5) is 16.9. The lowest BCUT2D eigenvalue weighted by molar-refractivity contribution is 0.0951. The number of sulfonamides is 1.